The van der Waals surface area contributed by atoms with Gasteiger partial charge in [0.1, 0.15) is 5.69 Å². The molecule has 2 aliphatic rings. The van der Waals surface area contributed by atoms with Gasteiger partial charge in [-0.2, -0.15) is 0 Å². The van der Waals surface area contributed by atoms with Gasteiger partial charge in [0.25, 0.3) is 0 Å². The van der Waals surface area contributed by atoms with Crippen LogP contribution in [0.3, 0.4) is 0 Å². The molecule has 6 unspecified atom stereocenters. The van der Waals surface area contributed by atoms with E-state index in [4.69, 9.17) is 0 Å². The maximum Gasteiger partial charge on any atom is 0.218 e. The first-order chi connectivity index (χ1) is 21.0. The van der Waals surface area contributed by atoms with Gasteiger partial charge in [-0.05, 0) is 112 Å². The second-order valence-corrected chi connectivity index (χ2v) is 13.8. The maximum absolute atomic E-state index is 11.4. The monoisotopic (exact) mass is 606 g/mol. The molecule has 6 atom stereocenters. The lowest BCUT2D eigenvalue weighted by Crippen LogP contribution is -2.29. The highest BCUT2D eigenvalue weighted by atomic mass is 16.3. The normalized spacial score (nSPS) is 25.7. The van der Waals surface area contributed by atoms with Crippen molar-refractivity contribution in [2.45, 2.75) is 111 Å². The van der Waals surface area contributed by atoms with Gasteiger partial charge in [0, 0.05) is 48.2 Å². The van der Waals surface area contributed by atoms with Gasteiger partial charge in [-0.25, -0.2) is 0 Å². The van der Waals surface area contributed by atoms with E-state index in [-0.39, 0.29) is 35.6 Å². The Balaban J connectivity index is 1.25. The van der Waals surface area contributed by atoms with Crippen molar-refractivity contribution in [3.05, 3.63) is 40.5 Å². The topological polar surface area (TPSA) is 115 Å². The quantitative estimate of drug-likeness (QED) is 0.145. The zero-order chi connectivity index (χ0) is 31.9. The van der Waals surface area contributed by atoms with Crippen LogP contribution in [0, 0.1) is 37.5 Å². The Hall–Kier alpha value is -3.42. The molecule has 6 N–H and O–H groups in total. The molecule has 242 valence electrons. The number of hydrogen-bond acceptors (Lipinski definition) is 6. The van der Waals surface area contributed by atoms with E-state index in [1.165, 1.54) is 17.5 Å². The van der Waals surface area contributed by atoms with Gasteiger partial charge in [-0.15, -0.1) is 0 Å². The summed E-state index contributed by atoms with van der Waals surface area (Å²) in [5.41, 5.74) is 6.97. The van der Waals surface area contributed by atoms with Crippen molar-refractivity contribution in [2.75, 3.05) is 17.7 Å². The average molecular weight is 607 g/mol. The number of aromatic nitrogens is 2. The average Bonchev–Trinajstić information content (AvgIpc) is 3.40. The molecule has 44 heavy (non-hydrogen) atoms. The predicted octanol–water partition coefficient (Wildman–Crippen LogP) is 8.68. The standard InChI is InChI=1S/C36H54N4O4/c1-8-26-16-22(5)33(27(9-2)34(26)37-7)38-28-19-32(42)40(36(28)44)30-13-11-25(15-21(30)4)18-24-10-12-29(20(3)14-24)39-31(41)17-23(6)35(39)43/h16-17,19-21,24-25,29-30,37-38,41-44H,8-15,18H2,1-7H3. The fourth-order valence-corrected chi connectivity index (χ4v) is 8.74. The molecule has 0 aliphatic heterocycles. The minimum absolute atomic E-state index is 0.0430. The number of hydrogen-bond donors (Lipinski definition) is 6. The highest BCUT2D eigenvalue weighted by Gasteiger charge is 2.36. The Morgan fingerprint density at radius 1 is 0.727 bits per heavy atom. The number of anilines is 3. The second-order valence-electron chi connectivity index (χ2n) is 13.8. The summed E-state index contributed by atoms with van der Waals surface area (Å²) in [5, 5.41) is 50.3. The van der Waals surface area contributed by atoms with E-state index < -0.39 is 0 Å². The first-order valence-electron chi connectivity index (χ1n) is 16.8. The molecule has 0 amide bonds. The number of aromatic hydroxyl groups is 4. The van der Waals surface area contributed by atoms with Crippen molar-refractivity contribution in [3.8, 4) is 23.5 Å². The van der Waals surface area contributed by atoms with E-state index in [1.807, 2.05) is 14.0 Å². The van der Waals surface area contributed by atoms with Crippen molar-refractivity contribution >= 4 is 17.1 Å². The number of nitrogens with one attached hydrogen (secondary N) is 2. The van der Waals surface area contributed by atoms with E-state index in [0.29, 0.717) is 29.4 Å². The molecule has 2 fully saturated rings. The van der Waals surface area contributed by atoms with Crippen LogP contribution in [0.4, 0.5) is 17.1 Å². The molecule has 1 aromatic carbocycles. The first-order valence-corrected chi connectivity index (χ1v) is 16.8. The van der Waals surface area contributed by atoms with Crippen molar-refractivity contribution in [1.29, 1.82) is 0 Å². The molecule has 5 rings (SSSR count). The fourth-order valence-electron chi connectivity index (χ4n) is 8.74. The maximum atomic E-state index is 11.4. The fraction of sp³-hybridized carbons (Fsp3) is 0.611. The Kier molecular flexibility index (Phi) is 9.38. The van der Waals surface area contributed by atoms with Gasteiger partial charge in [0.05, 0.1) is 0 Å². The second kappa shape index (κ2) is 12.9. The Morgan fingerprint density at radius 2 is 1.30 bits per heavy atom. The molecule has 0 saturated heterocycles. The summed E-state index contributed by atoms with van der Waals surface area (Å²) in [5.74, 6) is 2.52. The van der Waals surface area contributed by atoms with Gasteiger partial charge >= 0.3 is 0 Å². The number of nitrogens with zero attached hydrogens (tertiary/aromatic N) is 2. The summed E-state index contributed by atoms with van der Waals surface area (Å²) in [6.45, 7) is 12.7. The van der Waals surface area contributed by atoms with E-state index >= 15 is 0 Å². The molecule has 3 aromatic rings. The summed E-state index contributed by atoms with van der Waals surface area (Å²) in [7, 11) is 1.96. The van der Waals surface area contributed by atoms with Crippen LogP contribution < -0.4 is 10.6 Å². The summed E-state index contributed by atoms with van der Waals surface area (Å²) in [6, 6.07) is 5.69. The number of benzene rings is 1. The van der Waals surface area contributed by atoms with Crippen molar-refractivity contribution in [3.63, 3.8) is 0 Å². The Morgan fingerprint density at radius 3 is 1.77 bits per heavy atom. The minimum atomic E-state index is 0.0430. The highest BCUT2D eigenvalue weighted by Crippen LogP contribution is 2.49. The van der Waals surface area contributed by atoms with Crippen LogP contribution in [-0.4, -0.2) is 36.6 Å². The first kappa shape index (κ1) is 32.0. The molecule has 2 heterocycles. The summed E-state index contributed by atoms with van der Waals surface area (Å²) in [4.78, 5) is 0. The minimum Gasteiger partial charge on any atom is -0.494 e. The van der Waals surface area contributed by atoms with Gasteiger partial charge in [0.15, 0.2) is 17.6 Å². The smallest absolute Gasteiger partial charge is 0.218 e. The largest absolute Gasteiger partial charge is 0.494 e. The summed E-state index contributed by atoms with van der Waals surface area (Å²) < 4.78 is 3.47. The van der Waals surface area contributed by atoms with Crippen LogP contribution in [-0.2, 0) is 12.8 Å². The molecule has 0 radical (unpaired) electrons. The molecular formula is C36H54N4O4. The zero-order valence-electron chi connectivity index (χ0n) is 27.7. The lowest BCUT2D eigenvalue weighted by atomic mass is 9.70. The lowest BCUT2D eigenvalue weighted by Gasteiger charge is -2.40. The van der Waals surface area contributed by atoms with E-state index in [0.717, 1.165) is 73.9 Å². The third kappa shape index (κ3) is 5.84. The van der Waals surface area contributed by atoms with E-state index in [9.17, 15) is 20.4 Å². The van der Waals surface area contributed by atoms with Gasteiger partial charge in [-0.1, -0.05) is 33.8 Å². The molecular weight excluding hydrogens is 552 g/mol. The van der Waals surface area contributed by atoms with Gasteiger partial charge in [-0.3, -0.25) is 9.13 Å². The number of rotatable bonds is 9. The van der Waals surface area contributed by atoms with E-state index in [2.05, 4.69) is 51.3 Å². The van der Waals surface area contributed by atoms with Gasteiger partial charge in [0.2, 0.25) is 5.88 Å². The molecule has 2 aromatic heterocycles. The van der Waals surface area contributed by atoms with Crippen LogP contribution in [0.1, 0.15) is 107 Å². The number of aryl methyl sites for hydroxylation is 3. The molecule has 2 aliphatic carbocycles. The molecule has 8 nitrogen and oxygen atoms in total. The van der Waals surface area contributed by atoms with Crippen LogP contribution in [0.15, 0.2) is 18.2 Å². The predicted molar refractivity (Wildman–Crippen MR) is 179 cm³/mol. The van der Waals surface area contributed by atoms with Crippen LogP contribution >= 0.6 is 0 Å². The van der Waals surface area contributed by atoms with Crippen LogP contribution in [0.2, 0.25) is 0 Å². The third-order valence-corrected chi connectivity index (χ3v) is 10.9. The van der Waals surface area contributed by atoms with E-state index in [1.54, 1.807) is 21.3 Å². The molecule has 0 spiro atoms. The Labute approximate surface area is 263 Å². The van der Waals surface area contributed by atoms with Crippen LogP contribution in [0.5, 0.6) is 23.5 Å². The third-order valence-electron chi connectivity index (χ3n) is 10.9. The highest BCUT2D eigenvalue weighted by molar-refractivity contribution is 5.78. The SMILES string of the molecule is CCc1cc(C)c(Nc2cc(O)n(C3CCC(CC4CCC(n5c(O)cc(C)c5O)C(C)C4)CC3C)c2O)c(CC)c1NC. The molecule has 0 bridgehead atoms. The van der Waals surface area contributed by atoms with Crippen molar-refractivity contribution in [2.24, 2.45) is 23.7 Å². The molecule has 2 saturated carbocycles. The lowest BCUT2D eigenvalue weighted by molar-refractivity contribution is 0.122. The van der Waals surface area contributed by atoms with Crippen LogP contribution in [0.25, 0.3) is 0 Å². The summed E-state index contributed by atoms with van der Waals surface area (Å²) in [6.07, 6.45) is 9.19. The molecule has 8 heteroatoms. The van der Waals surface area contributed by atoms with Gasteiger partial charge < -0.3 is 31.1 Å². The summed E-state index contributed by atoms with van der Waals surface area (Å²) >= 11 is 0. The Bertz CT molecular complexity index is 1470. The van der Waals surface area contributed by atoms with Crippen molar-refractivity contribution in [1.82, 2.24) is 9.13 Å². The zero-order valence-corrected chi connectivity index (χ0v) is 27.7. The van der Waals surface area contributed by atoms with Crippen molar-refractivity contribution < 1.29 is 20.4 Å².